The molecule has 0 aliphatic rings. The third-order valence-electron chi connectivity index (χ3n) is 3.83. The molecule has 0 radical (unpaired) electrons. The number of nitrogens with zero attached hydrogens (tertiary/aromatic N) is 1. The lowest BCUT2D eigenvalue weighted by molar-refractivity contribution is -0.136. The highest BCUT2D eigenvalue weighted by Crippen LogP contribution is 2.19. The van der Waals surface area contributed by atoms with Gasteiger partial charge in [0, 0.05) is 10.7 Å². The van der Waals surface area contributed by atoms with Crippen molar-refractivity contribution in [3.05, 3.63) is 82.8 Å². The smallest absolute Gasteiger partial charge is 0.379 e. The monoisotopic (exact) mass is 425 g/mol. The van der Waals surface area contributed by atoms with Crippen molar-refractivity contribution in [1.29, 1.82) is 0 Å². The number of hydrazone groups is 1. The van der Waals surface area contributed by atoms with Gasteiger partial charge in [-0.2, -0.15) is 5.10 Å². The summed E-state index contributed by atoms with van der Waals surface area (Å²) in [7, 11) is 0. The summed E-state index contributed by atoms with van der Waals surface area (Å²) in [4.78, 5) is 35.5. The molecule has 2 N–H and O–H groups in total. The number of aryl methyl sites for hydroxylation is 1. The number of rotatable bonds is 5. The van der Waals surface area contributed by atoms with Gasteiger partial charge in [0.05, 0.1) is 12.5 Å². The fraction of sp³-hybridized carbons (Fsp3) is 0.0476. The summed E-state index contributed by atoms with van der Waals surface area (Å²) in [5.41, 5.74) is 3.99. The first kappa shape index (κ1) is 20.8. The number of furan rings is 1. The number of esters is 1. The standard InChI is InChI=1S/C21H16ClN3O5/c1-13-4-7-15(11-17(13)22)24-19(26)20(27)25-23-12-14-5-8-16(9-6-14)30-21(28)18-3-2-10-29-18/h2-12H,1H3,(H,24,26)(H,25,27). The number of nitrogens with one attached hydrogen (secondary N) is 2. The molecule has 30 heavy (non-hydrogen) atoms. The topological polar surface area (TPSA) is 110 Å². The van der Waals surface area contributed by atoms with Gasteiger partial charge in [0.1, 0.15) is 5.75 Å². The predicted molar refractivity (Wildman–Crippen MR) is 111 cm³/mol. The summed E-state index contributed by atoms with van der Waals surface area (Å²) in [6, 6.07) is 14.3. The SMILES string of the molecule is Cc1ccc(NC(=O)C(=O)NN=Cc2ccc(OC(=O)c3ccco3)cc2)cc1Cl. The van der Waals surface area contributed by atoms with Crippen molar-refractivity contribution >= 4 is 41.3 Å². The molecule has 0 spiro atoms. The lowest BCUT2D eigenvalue weighted by atomic mass is 10.2. The van der Waals surface area contributed by atoms with E-state index in [1.165, 1.54) is 18.5 Å². The van der Waals surface area contributed by atoms with Gasteiger partial charge >= 0.3 is 17.8 Å². The second-order valence-electron chi connectivity index (χ2n) is 6.05. The average molecular weight is 426 g/mol. The predicted octanol–water partition coefficient (Wildman–Crippen LogP) is 3.55. The molecule has 2 aromatic carbocycles. The van der Waals surface area contributed by atoms with E-state index in [9.17, 15) is 14.4 Å². The van der Waals surface area contributed by atoms with E-state index in [0.717, 1.165) is 5.56 Å². The normalized spacial score (nSPS) is 10.6. The number of benzene rings is 2. The first-order chi connectivity index (χ1) is 14.4. The highest BCUT2D eigenvalue weighted by Gasteiger charge is 2.13. The molecule has 0 atom stereocenters. The van der Waals surface area contributed by atoms with E-state index in [0.29, 0.717) is 22.0 Å². The van der Waals surface area contributed by atoms with Crippen molar-refractivity contribution in [2.75, 3.05) is 5.32 Å². The van der Waals surface area contributed by atoms with E-state index < -0.39 is 17.8 Å². The van der Waals surface area contributed by atoms with Gasteiger partial charge in [-0.15, -0.1) is 0 Å². The van der Waals surface area contributed by atoms with E-state index in [1.807, 2.05) is 6.92 Å². The Morgan fingerprint density at radius 1 is 1.07 bits per heavy atom. The number of carbonyl (C=O) groups excluding carboxylic acids is 3. The van der Waals surface area contributed by atoms with Gasteiger partial charge in [-0.25, -0.2) is 10.2 Å². The molecular formula is C21H16ClN3O5. The molecule has 1 aromatic heterocycles. The first-order valence-corrected chi connectivity index (χ1v) is 9.06. The third kappa shape index (κ3) is 5.55. The van der Waals surface area contributed by atoms with Crippen LogP contribution in [-0.2, 0) is 9.59 Å². The fourth-order valence-electron chi connectivity index (χ4n) is 2.25. The maximum atomic E-state index is 11.9. The second-order valence-corrected chi connectivity index (χ2v) is 6.46. The van der Waals surface area contributed by atoms with Gasteiger partial charge in [0.25, 0.3) is 0 Å². The van der Waals surface area contributed by atoms with E-state index in [4.69, 9.17) is 20.8 Å². The van der Waals surface area contributed by atoms with E-state index >= 15 is 0 Å². The van der Waals surface area contributed by atoms with Crippen LogP contribution >= 0.6 is 11.6 Å². The maximum Gasteiger partial charge on any atom is 0.379 e. The Morgan fingerprint density at radius 3 is 2.50 bits per heavy atom. The molecule has 0 unspecified atom stereocenters. The number of hydrogen-bond acceptors (Lipinski definition) is 6. The molecule has 0 bridgehead atoms. The quantitative estimate of drug-likeness (QED) is 0.213. The van der Waals surface area contributed by atoms with Crippen molar-refractivity contribution in [3.63, 3.8) is 0 Å². The molecule has 152 valence electrons. The van der Waals surface area contributed by atoms with E-state index in [1.54, 1.807) is 48.5 Å². The van der Waals surface area contributed by atoms with Gasteiger partial charge < -0.3 is 14.5 Å². The number of carbonyl (C=O) groups is 3. The molecule has 2 amide bonds. The summed E-state index contributed by atoms with van der Waals surface area (Å²) in [5.74, 6) is -2.03. The zero-order chi connectivity index (χ0) is 21.5. The Balaban J connectivity index is 1.50. The van der Waals surface area contributed by atoms with Crippen LogP contribution in [0.25, 0.3) is 0 Å². The molecule has 3 aromatic rings. The van der Waals surface area contributed by atoms with Crippen molar-refractivity contribution in [2.45, 2.75) is 6.92 Å². The number of halogens is 1. The highest BCUT2D eigenvalue weighted by molar-refractivity contribution is 6.39. The largest absolute Gasteiger partial charge is 0.457 e. The van der Waals surface area contributed by atoms with Crippen LogP contribution in [0.4, 0.5) is 5.69 Å². The highest BCUT2D eigenvalue weighted by atomic mass is 35.5. The number of hydrogen-bond donors (Lipinski definition) is 2. The van der Waals surface area contributed by atoms with Crippen LogP contribution in [0.1, 0.15) is 21.7 Å². The fourth-order valence-corrected chi connectivity index (χ4v) is 2.43. The number of anilines is 1. The molecule has 0 saturated heterocycles. The summed E-state index contributed by atoms with van der Waals surface area (Å²) < 4.78 is 10.1. The van der Waals surface area contributed by atoms with Gasteiger partial charge in [0.2, 0.25) is 5.76 Å². The summed E-state index contributed by atoms with van der Waals surface area (Å²) in [5, 5.41) is 6.64. The average Bonchev–Trinajstić information content (AvgIpc) is 3.27. The zero-order valence-electron chi connectivity index (χ0n) is 15.7. The third-order valence-corrected chi connectivity index (χ3v) is 4.24. The second kappa shape index (κ2) is 9.53. The van der Waals surface area contributed by atoms with Gasteiger partial charge in [-0.1, -0.05) is 17.7 Å². The Bertz CT molecular complexity index is 1090. The minimum Gasteiger partial charge on any atom is -0.457 e. The van der Waals surface area contributed by atoms with Crippen molar-refractivity contribution in [2.24, 2.45) is 5.10 Å². The molecule has 0 aliphatic heterocycles. The molecule has 3 rings (SSSR count). The Hall–Kier alpha value is -3.91. The summed E-state index contributed by atoms with van der Waals surface area (Å²) in [6.45, 7) is 1.82. The van der Waals surface area contributed by atoms with Crippen LogP contribution < -0.4 is 15.5 Å². The lowest BCUT2D eigenvalue weighted by Crippen LogP contribution is -2.32. The lowest BCUT2D eigenvalue weighted by Gasteiger charge is -2.05. The van der Waals surface area contributed by atoms with Gasteiger partial charge in [-0.3, -0.25) is 9.59 Å². The van der Waals surface area contributed by atoms with E-state index in [2.05, 4.69) is 15.8 Å². The van der Waals surface area contributed by atoms with E-state index in [-0.39, 0.29) is 5.76 Å². The van der Waals surface area contributed by atoms with Gasteiger partial charge in [-0.05, 0) is 66.6 Å². The number of amides is 2. The molecule has 1 heterocycles. The van der Waals surface area contributed by atoms with Crippen molar-refractivity contribution in [3.8, 4) is 5.75 Å². The van der Waals surface area contributed by atoms with Crippen LogP contribution in [0.5, 0.6) is 5.75 Å². The van der Waals surface area contributed by atoms with Crippen LogP contribution in [0.2, 0.25) is 5.02 Å². The number of ether oxygens (including phenoxy) is 1. The summed E-state index contributed by atoms with van der Waals surface area (Å²) >= 11 is 5.99. The Kier molecular flexibility index (Phi) is 6.61. The van der Waals surface area contributed by atoms with Crippen molar-refractivity contribution in [1.82, 2.24) is 5.43 Å². The molecule has 9 heteroatoms. The van der Waals surface area contributed by atoms with Crippen LogP contribution in [-0.4, -0.2) is 24.0 Å². The van der Waals surface area contributed by atoms with Crippen LogP contribution in [0, 0.1) is 6.92 Å². The van der Waals surface area contributed by atoms with Crippen molar-refractivity contribution < 1.29 is 23.5 Å². The van der Waals surface area contributed by atoms with Gasteiger partial charge in [0.15, 0.2) is 0 Å². The van der Waals surface area contributed by atoms with Crippen LogP contribution in [0.3, 0.4) is 0 Å². The molecule has 0 saturated carbocycles. The minimum atomic E-state index is -0.938. The first-order valence-electron chi connectivity index (χ1n) is 8.68. The Labute approximate surface area is 176 Å². The molecular weight excluding hydrogens is 410 g/mol. The molecule has 0 fully saturated rings. The summed E-state index contributed by atoms with van der Waals surface area (Å²) in [6.07, 6.45) is 2.71. The molecule has 8 nitrogen and oxygen atoms in total. The van der Waals surface area contributed by atoms with Crippen LogP contribution in [0.15, 0.2) is 70.4 Å². The molecule has 0 aliphatic carbocycles. The Morgan fingerprint density at radius 2 is 1.83 bits per heavy atom. The zero-order valence-corrected chi connectivity index (χ0v) is 16.5. The maximum absolute atomic E-state index is 11.9. The minimum absolute atomic E-state index is 0.0922.